The second-order valence-electron chi connectivity index (χ2n) is 2.48. The molecule has 0 radical (unpaired) electrons. The van der Waals surface area contributed by atoms with Crippen molar-refractivity contribution in [1.29, 1.82) is 0 Å². The topological polar surface area (TPSA) is 46.2 Å². The molecule has 0 saturated carbocycles. The molecule has 70 valence electrons. The Morgan fingerprint density at radius 1 is 1.31 bits per heavy atom. The molecule has 1 aromatic carbocycles. The van der Waals surface area contributed by atoms with Gasteiger partial charge in [-0.25, -0.2) is 8.42 Å². The zero-order chi connectivity index (χ0) is 9.73. The molecule has 0 aliphatic rings. The molecular formula is C9H11NO2S. The molecule has 0 bridgehead atoms. The van der Waals surface area contributed by atoms with Crippen molar-refractivity contribution >= 4 is 9.84 Å². The van der Waals surface area contributed by atoms with Crippen LogP contribution in [0.25, 0.3) is 0 Å². The van der Waals surface area contributed by atoms with Crippen LogP contribution in [0.2, 0.25) is 0 Å². The van der Waals surface area contributed by atoms with Gasteiger partial charge in [-0.05, 0) is 18.3 Å². The van der Waals surface area contributed by atoms with E-state index in [-0.39, 0.29) is 5.88 Å². The van der Waals surface area contributed by atoms with E-state index < -0.39 is 9.84 Å². The van der Waals surface area contributed by atoms with Gasteiger partial charge in [0.25, 0.3) is 0 Å². The van der Waals surface area contributed by atoms with Crippen LogP contribution in [0.1, 0.15) is 0 Å². The van der Waals surface area contributed by atoms with E-state index in [4.69, 9.17) is 0 Å². The summed E-state index contributed by atoms with van der Waals surface area (Å²) < 4.78 is 23.0. The highest BCUT2D eigenvalue weighted by Crippen LogP contribution is 2.08. The molecule has 0 aliphatic carbocycles. The van der Waals surface area contributed by atoms with Crippen LogP contribution in [0.5, 0.6) is 0 Å². The molecule has 0 saturated heterocycles. The Balaban J connectivity index is 2.88. The molecule has 0 fully saturated rings. The van der Waals surface area contributed by atoms with Crippen LogP contribution >= 0.6 is 0 Å². The Kier molecular flexibility index (Phi) is 3.08. The Morgan fingerprint density at radius 2 is 1.92 bits per heavy atom. The van der Waals surface area contributed by atoms with Crippen LogP contribution in [-0.2, 0) is 9.84 Å². The summed E-state index contributed by atoms with van der Waals surface area (Å²) in [7, 11) is -3.20. The zero-order valence-corrected chi connectivity index (χ0v) is 7.92. The highest BCUT2D eigenvalue weighted by atomic mass is 32.2. The first-order valence-electron chi connectivity index (χ1n) is 3.79. The number of rotatable bonds is 4. The molecule has 1 rings (SSSR count). The fourth-order valence-corrected chi connectivity index (χ4v) is 1.96. The van der Waals surface area contributed by atoms with E-state index in [0.717, 1.165) is 0 Å². The highest BCUT2D eigenvalue weighted by Gasteiger charge is 2.11. The Bertz CT molecular complexity index is 370. The van der Waals surface area contributed by atoms with Crippen LogP contribution in [0, 0.1) is 0 Å². The van der Waals surface area contributed by atoms with Gasteiger partial charge in [0.1, 0.15) is 5.88 Å². The van der Waals surface area contributed by atoms with Gasteiger partial charge in [-0.1, -0.05) is 24.8 Å². The largest absolute Gasteiger partial charge is 0.378 e. The molecule has 4 heteroatoms. The van der Waals surface area contributed by atoms with Crippen LogP contribution in [-0.4, -0.2) is 14.3 Å². The van der Waals surface area contributed by atoms with Gasteiger partial charge < -0.3 is 5.32 Å². The summed E-state index contributed by atoms with van der Waals surface area (Å²) in [6.07, 6.45) is 1.36. The first kappa shape index (κ1) is 9.80. The molecule has 1 aromatic rings. The zero-order valence-electron chi connectivity index (χ0n) is 7.10. The van der Waals surface area contributed by atoms with Gasteiger partial charge in [0, 0.05) is 0 Å². The molecule has 1 N–H and O–H groups in total. The van der Waals surface area contributed by atoms with E-state index in [1.54, 1.807) is 30.3 Å². The summed E-state index contributed by atoms with van der Waals surface area (Å²) in [4.78, 5) is 0.323. The second-order valence-corrected chi connectivity index (χ2v) is 4.47. The molecule has 0 atom stereocenters. The Labute approximate surface area is 78.0 Å². The van der Waals surface area contributed by atoms with Crippen LogP contribution < -0.4 is 5.32 Å². The van der Waals surface area contributed by atoms with Crippen LogP contribution in [0.15, 0.2) is 48.0 Å². The SMILES string of the molecule is C=CNCS(=O)(=O)c1ccccc1. The maximum absolute atomic E-state index is 11.5. The molecule has 3 nitrogen and oxygen atoms in total. The van der Waals surface area contributed by atoms with Crippen molar-refractivity contribution < 1.29 is 8.42 Å². The lowest BCUT2D eigenvalue weighted by Gasteiger charge is -2.02. The summed E-state index contributed by atoms with van der Waals surface area (Å²) in [5.41, 5.74) is 0. The number of hydrogen-bond donors (Lipinski definition) is 1. The lowest BCUT2D eigenvalue weighted by atomic mass is 10.4. The van der Waals surface area contributed by atoms with E-state index in [0.29, 0.717) is 4.90 Å². The molecular weight excluding hydrogens is 186 g/mol. The van der Waals surface area contributed by atoms with E-state index in [1.807, 2.05) is 0 Å². The third-order valence-electron chi connectivity index (χ3n) is 1.52. The second kappa shape index (κ2) is 4.09. The summed E-state index contributed by atoms with van der Waals surface area (Å²) in [5.74, 6) is -0.111. The van der Waals surface area contributed by atoms with E-state index in [9.17, 15) is 8.42 Å². The molecule has 13 heavy (non-hydrogen) atoms. The van der Waals surface area contributed by atoms with Gasteiger partial charge in [-0.2, -0.15) is 0 Å². The van der Waals surface area contributed by atoms with Gasteiger partial charge >= 0.3 is 0 Å². The number of benzene rings is 1. The van der Waals surface area contributed by atoms with Crippen molar-refractivity contribution in [3.8, 4) is 0 Å². The standard InChI is InChI=1S/C9H11NO2S/c1-2-10-8-13(11,12)9-6-4-3-5-7-9/h2-7,10H,1,8H2. The quantitative estimate of drug-likeness (QED) is 0.787. The molecule has 0 aliphatic heterocycles. The number of nitrogens with one attached hydrogen (secondary N) is 1. The van der Waals surface area contributed by atoms with Crippen LogP contribution in [0.4, 0.5) is 0 Å². The Hall–Kier alpha value is -1.29. The van der Waals surface area contributed by atoms with Crippen molar-refractivity contribution in [3.63, 3.8) is 0 Å². The lowest BCUT2D eigenvalue weighted by molar-refractivity contribution is 0.593. The monoisotopic (exact) mass is 197 g/mol. The van der Waals surface area contributed by atoms with Gasteiger partial charge in [0.05, 0.1) is 4.90 Å². The van der Waals surface area contributed by atoms with Crippen molar-refractivity contribution in [2.75, 3.05) is 5.88 Å². The molecule has 0 spiro atoms. The van der Waals surface area contributed by atoms with Gasteiger partial charge in [-0.15, -0.1) is 0 Å². The van der Waals surface area contributed by atoms with Crippen molar-refractivity contribution in [1.82, 2.24) is 5.32 Å². The third-order valence-corrected chi connectivity index (χ3v) is 3.06. The van der Waals surface area contributed by atoms with Crippen molar-refractivity contribution in [2.45, 2.75) is 4.90 Å². The van der Waals surface area contributed by atoms with Gasteiger partial charge in [-0.3, -0.25) is 0 Å². The first-order valence-corrected chi connectivity index (χ1v) is 5.44. The maximum atomic E-state index is 11.5. The van der Waals surface area contributed by atoms with E-state index >= 15 is 0 Å². The summed E-state index contributed by atoms with van der Waals surface area (Å²) >= 11 is 0. The normalized spacial score (nSPS) is 10.8. The van der Waals surface area contributed by atoms with Gasteiger partial charge in [0.15, 0.2) is 9.84 Å². The minimum atomic E-state index is -3.20. The number of sulfone groups is 1. The number of hydrogen-bond acceptors (Lipinski definition) is 3. The van der Waals surface area contributed by atoms with E-state index in [1.165, 1.54) is 6.20 Å². The molecule has 0 unspecified atom stereocenters. The predicted octanol–water partition coefficient (Wildman–Crippen LogP) is 1.15. The third kappa shape index (κ3) is 2.59. The average molecular weight is 197 g/mol. The van der Waals surface area contributed by atoms with Crippen molar-refractivity contribution in [3.05, 3.63) is 43.1 Å². The predicted molar refractivity (Wildman–Crippen MR) is 51.8 cm³/mol. The van der Waals surface area contributed by atoms with Crippen LogP contribution in [0.3, 0.4) is 0 Å². The summed E-state index contributed by atoms with van der Waals surface area (Å²) in [6, 6.07) is 8.31. The molecule has 0 heterocycles. The molecule has 0 aromatic heterocycles. The van der Waals surface area contributed by atoms with Crippen molar-refractivity contribution in [2.24, 2.45) is 0 Å². The Morgan fingerprint density at radius 3 is 2.46 bits per heavy atom. The van der Waals surface area contributed by atoms with Gasteiger partial charge in [0.2, 0.25) is 0 Å². The minimum Gasteiger partial charge on any atom is -0.378 e. The first-order chi connectivity index (χ1) is 6.17. The average Bonchev–Trinajstić information content (AvgIpc) is 2.16. The summed E-state index contributed by atoms with van der Waals surface area (Å²) in [5, 5.41) is 2.56. The maximum Gasteiger partial charge on any atom is 0.196 e. The summed E-state index contributed by atoms with van der Waals surface area (Å²) in [6.45, 7) is 3.38. The van der Waals surface area contributed by atoms with E-state index in [2.05, 4.69) is 11.9 Å². The fourth-order valence-electron chi connectivity index (χ4n) is 0.880. The minimum absolute atomic E-state index is 0.111. The smallest absolute Gasteiger partial charge is 0.196 e. The lowest BCUT2D eigenvalue weighted by Crippen LogP contribution is -2.17. The molecule has 0 amide bonds. The highest BCUT2D eigenvalue weighted by molar-refractivity contribution is 7.91. The fraction of sp³-hybridized carbons (Fsp3) is 0.111.